The van der Waals surface area contributed by atoms with E-state index in [0.717, 1.165) is 48.5 Å². The lowest BCUT2D eigenvalue weighted by atomic mass is 10.1. The van der Waals surface area contributed by atoms with E-state index in [9.17, 15) is 4.79 Å². The van der Waals surface area contributed by atoms with E-state index in [1.807, 2.05) is 58.0 Å². The predicted octanol–water partition coefficient (Wildman–Crippen LogP) is 4.85. The molecule has 1 amide bonds. The minimum atomic E-state index is 0.132. The van der Waals surface area contributed by atoms with Gasteiger partial charge in [-0.15, -0.1) is 0 Å². The van der Waals surface area contributed by atoms with Crippen LogP contribution in [0, 0.1) is 0 Å². The molecule has 2 heterocycles. The Morgan fingerprint density at radius 3 is 2.42 bits per heavy atom. The number of halogens is 1. The zero-order valence-corrected chi connectivity index (χ0v) is 16.0. The average molecular weight is 370 g/mol. The van der Waals surface area contributed by atoms with Gasteiger partial charge in [-0.05, 0) is 25.0 Å². The second-order valence-corrected chi connectivity index (χ2v) is 6.84. The fourth-order valence-corrected chi connectivity index (χ4v) is 3.38. The molecule has 0 unspecified atom stereocenters. The summed E-state index contributed by atoms with van der Waals surface area (Å²) in [5.74, 6) is 0.132. The number of hydrogen-bond donors (Lipinski definition) is 0. The summed E-state index contributed by atoms with van der Waals surface area (Å²) in [4.78, 5) is 19.7. The molecule has 3 aromatic rings. The van der Waals surface area contributed by atoms with Crippen LogP contribution < -0.4 is 0 Å². The number of imidazole rings is 1. The number of pyridine rings is 1. The summed E-state index contributed by atoms with van der Waals surface area (Å²) in [6, 6.07) is 13.7. The Bertz CT molecular complexity index is 883. The Morgan fingerprint density at radius 1 is 1.08 bits per heavy atom. The first-order valence-electron chi connectivity index (χ1n) is 9.13. The number of carbonyl (C=O) groups is 1. The summed E-state index contributed by atoms with van der Waals surface area (Å²) in [7, 11) is 0. The molecule has 0 bridgehead atoms. The Labute approximate surface area is 159 Å². The number of hydrogen-bond acceptors (Lipinski definition) is 2. The van der Waals surface area contributed by atoms with Crippen molar-refractivity contribution in [1.29, 1.82) is 0 Å². The first-order valence-corrected chi connectivity index (χ1v) is 9.51. The molecular weight excluding hydrogens is 346 g/mol. The maximum absolute atomic E-state index is 13.0. The molecule has 0 aliphatic heterocycles. The summed E-state index contributed by atoms with van der Waals surface area (Å²) >= 11 is 6.20. The van der Waals surface area contributed by atoms with Gasteiger partial charge < -0.3 is 9.30 Å². The van der Waals surface area contributed by atoms with E-state index < -0.39 is 0 Å². The molecule has 2 aromatic heterocycles. The van der Waals surface area contributed by atoms with Crippen molar-refractivity contribution in [3.05, 3.63) is 59.4 Å². The van der Waals surface area contributed by atoms with Crippen LogP contribution in [0.25, 0.3) is 16.9 Å². The molecule has 0 saturated carbocycles. The zero-order valence-electron chi connectivity index (χ0n) is 15.3. The van der Waals surface area contributed by atoms with Crippen LogP contribution in [0.3, 0.4) is 0 Å². The maximum Gasteiger partial charge on any atom is 0.228 e. The van der Waals surface area contributed by atoms with Crippen molar-refractivity contribution in [3.63, 3.8) is 0 Å². The van der Waals surface area contributed by atoms with Crippen LogP contribution in [-0.4, -0.2) is 33.3 Å². The van der Waals surface area contributed by atoms with Gasteiger partial charge in [-0.1, -0.05) is 55.8 Å². The summed E-state index contributed by atoms with van der Waals surface area (Å²) in [6.07, 6.45) is 4.06. The molecule has 0 saturated heterocycles. The second-order valence-electron chi connectivity index (χ2n) is 6.41. The van der Waals surface area contributed by atoms with Gasteiger partial charge in [0, 0.05) is 24.8 Å². The molecule has 0 aliphatic carbocycles. The van der Waals surface area contributed by atoms with Gasteiger partial charge >= 0.3 is 0 Å². The summed E-state index contributed by atoms with van der Waals surface area (Å²) < 4.78 is 1.94. The van der Waals surface area contributed by atoms with Crippen molar-refractivity contribution in [2.24, 2.45) is 0 Å². The van der Waals surface area contributed by atoms with Crippen LogP contribution in [0.15, 0.2) is 48.7 Å². The number of aromatic nitrogens is 2. The standard InChI is InChI=1S/C21H24ClN3O/c1-3-12-24(13-4-2)20(26)14-18-21(16-8-6-5-7-9-16)23-19-11-10-17(22)15-25(18)19/h5-11,15H,3-4,12-14H2,1-2H3. The zero-order chi connectivity index (χ0) is 18.5. The molecule has 0 spiro atoms. The van der Waals surface area contributed by atoms with Crippen LogP contribution in [0.2, 0.25) is 5.02 Å². The number of rotatable bonds is 7. The van der Waals surface area contributed by atoms with Gasteiger partial charge in [-0.3, -0.25) is 4.79 Å². The van der Waals surface area contributed by atoms with Crippen LogP contribution in [0.1, 0.15) is 32.4 Å². The van der Waals surface area contributed by atoms with Crippen LogP contribution in [0.5, 0.6) is 0 Å². The molecule has 3 rings (SSSR count). The third-order valence-corrected chi connectivity index (χ3v) is 4.61. The van der Waals surface area contributed by atoms with E-state index in [1.54, 1.807) is 0 Å². The Hall–Kier alpha value is -2.33. The minimum absolute atomic E-state index is 0.132. The molecule has 0 aliphatic rings. The van der Waals surface area contributed by atoms with Gasteiger partial charge in [-0.2, -0.15) is 0 Å². The van der Waals surface area contributed by atoms with E-state index >= 15 is 0 Å². The van der Waals surface area contributed by atoms with E-state index in [1.165, 1.54) is 0 Å². The smallest absolute Gasteiger partial charge is 0.228 e. The van der Waals surface area contributed by atoms with Crippen molar-refractivity contribution in [2.75, 3.05) is 13.1 Å². The molecule has 1 aromatic carbocycles. The van der Waals surface area contributed by atoms with Crippen molar-refractivity contribution >= 4 is 23.2 Å². The van der Waals surface area contributed by atoms with Crippen LogP contribution in [-0.2, 0) is 11.2 Å². The summed E-state index contributed by atoms with van der Waals surface area (Å²) in [5.41, 5.74) is 3.53. The largest absolute Gasteiger partial charge is 0.342 e. The first-order chi connectivity index (χ1) is 12.6. The molecule has 4 nitrogen and oxygen atoms in total. The van der Waals surface area contributed by atoms with E-state index in [4.69, 9.17) is 16.6 Å². The molecule has 26 heavy (non-hydrogen) atoms. The lowest BCUT2D eigenvalue weighted by Gasteiger charge is -2.21. The normalized spacial score (nSPS) is 11.0. The number of fused-ring (bicyclic) bond motifs is 1. The fraction of sp³-hybridized carbons (Fsp3) is 0.333. The van der Waals surface area contributed by atoms with E-state index in [0.29, 0.717) is 11.4 Å². The fourth-order valence-electron chi connectivity index (χ4n) is 3.22. The van der Waals surface area contributed by atoms with Crippen molar-refractivity contribution in [3.8, 4) is 11.3 Å². The van der Waals surface area contributed by atoms with Crippen LogP contribution >= 0.6 is 11.6 Å². The average Bonchev–Trinajstić information content (AvgIpc) is 3.00. The molecule has 0 N–H and O–H groups in total. The number of carbonyl (C=O) groups excluding carboxylic acids is 1. The predicted molar refractivity (Wildman–Crippen MR) is 107 cm³/mol. The second kappa shape index (κ2) is 8.37. The number of benzene rings is 1. The molecule has 5 heteroatoms. The molecule has 0 fully saturated rings. The Balaban J connectivity index is 2.05. The molecule has 136 valence electrons. The maximum atomic E-state index is 13.0. The van der Waals surface area contributed by atoms with Gasteiger partial charge in [0.1, 0.15) is 5.65 Å². The highest BCUT2D eigenvalue weighted by Crippen LogP contribution is 2.26. The van der Waals surface area contributed by atoms with Crippen LogP contribution in [0.4, 0.5) is 0 Å². The van der Waals surface area contributed by atoms with Gasteiger partial charge in [0.15, 0.2) is 0 Å². The van der Waals surface area contributed by atoms with Gasteiger partial charge in [0.05, 0.1) is 22.8 Å². The van der Waals surface area contributed by atoms with Gasteiger partial charge in [-0.25, -0.2) is 4.98 Å². The third kappa shape index (κ3) is 3.91. The third-order valence-electron chi connectivity index (χ3n) is 4.39. The Kier molecular flexibility index (Phi) is 5.94. The summed E-state index contributed by atoms with van der Waals surface area (Å²) in [5, 5.41) is 0.627. The van der Waals surface area contributed by atoms with Gasteiger partial charge in [0.2, 0.25) is 5.91 Å². The number of amides is 1. The summed E-state index contributed by atoms with van der Waals surface area (Å²) in [6.45, 7) is 5.76. The highest BCUT2D eigenvalue weighted by atomic mass is 35.5. The topological polar surface area (TPSA) is 37.6 Å². The quantitative estimate of drug-likeness (QED) is 0.597. The molecule has 0 radical (unpaired) electrons. The number of nitrogens with zero attached hydrogens (tertiary/aromatic N) is 3. The molecular formula is C21H24ClN3O. The monoisotopic (exact) mass is 369 g/mol. The van der Waals surface area contributed by atoms with Crippen molar-refractivity contribution in [1.82, 2.24) is 14.3 Å². The van der Waals surface area contributed by atoms with E-state index in [-0.39, 0.29) is 5.91 Å². The van der Waals surface area contributed by atoms with Crippen molar-refractivity contribution in [2.45, 2.75) is 33.1 Å². The lowest BCUT2D eigenvalue weighted by Crippen LogP contribution is -2.34. The van der Waals surface area contributed by atoms with E-state index in [2.05, 4.69) is 13.8 Å². The van der Waals surface area contributed by atoms with Gasteiger partial charge in [0.25, 0.3) is 0 Å². The SMILES string of the molecule is CCCN(CCC)C(=O)Cc1c(-c2ccccc2)nc2ccc(Cl)cn12. The highest BCUT2D eigenvalue weighted by molar-refractivity contribution is 6.30. The Morgan fingerprint density at radius 2 is 1.77 bits per heavy atom. The van der Waals surface area contributed by atoms with Crippen molar-refractivity contribution < 1.29 is 4.79 Å². The lowest BCUT2D eigenvalue weighted by molar-refractivity contribution is -0.130. The first kappa shape index (κ1) is 18.5. The minimum Gasteiger partial charge on any atom is -0.342 e. The highest BCUT2D eigenvalue weighted by Gasteiger charge is 2.20. The molecule has 0 atom stereocenters.